The summed E-state index contributed by atoms with van der Waals surface area (Å²) in [4.78, 5) is 25.9. The number of hydrogen-bond donors (Lipinski definition) is 1. The van der Waals surface area contributed by atoms with E-state index < -0.39 is 0 Å². The van der Waals surface area contributed by atoms with Gasteiger partial charge in [0, 0.05) is 26.2 Å². The van der Waals surface area contributed by atoms with Gasteiger partial charge in [0.15, 0.2) is 5.78 Å². The van der Waals surface area contributed by atoms with Crippen LogP contribution in [-0.4, -0.2) is 11.7 Å². The lowest BCUT2D eigenvalue weighted by atomic mass is 9.97. The minimum absolute atomic E-state index is 0.198. The van der Waals surface area contributed by atoms with Crippen LogP contribution in [0.25, 0.3) is 0 Å². The maximum atomic E-state index is 13.0. The number of amides is 1. The Morgan fingerprint density at radius 2 is 1.54 bits per heavy atom. The predicted molar refractivity (Wildman–Crippen MR) is 118 cm³/mol. The van der Waals surface area contributed by atoms with Gasteiger partial charge < -0.3 is 5.32 Å². The van der Waals surface area contributed by atoms with Gasteiger partial charge in [-0.1, -0.05) is 57.9 Å². The highest BCUT2D eigenvalue weighted by molar-refractivity contribution is 9.10. The van der Waals surface area contributed by atoms with Crippen LogP contribution in [0.3, 0.4) is 0 Å². The highest BCUT2D eigenvalue weighted by atomic mass is 79.9. The van der Waals surface area contributed by atoms with E-state index in [4.69, 9.17) is 11.6 Å². The molecule has 0 aliphatic rings. The fraction of sp³-hybridized carbons (Fsp3) is 0.130. The molecule has 0 heterocycles. The SMILES string of the molecule is Cc1c(Br)cc(C(=O)Nc2ccc(Cl)cc2C(=O)c2ccccc2)c(C)c1C. The van der Waals surface area contributed by atoms with Crippen molar-refractivity contribution in [2.24, 2.45) is 0 Å². The normalized spacial score (nSPS) is 10.6. The minimum Gasteiger partial charge on any atom is -0.321 e. The molecular formula is C23H19BrClNO2. The molecular weight excluding hydrogens is 438 g/mol. The molecule has 3 rings (SSSR count). The fourth-order valence-corrected chi connectivity index (χ4v) is 3.69. The highest BCUT2D eigenvalue weighted by Crippen LogP contribution is 2.28. The zero-order chi connectivity index (χ0) is 20.4. The molecule has 5 heteroatoms. The van der Waals surface area contributed by atoms with E-state index in [1.165, 1.54) is 0 Å². The molecule has 0 saturated heterocycles. The second-order valence-corrected chi connectivity index (χ2v) is 7.91. The van der Waals surface area contributed by atoms with Crippen molar-refractivity contribution in [1.82, 2.24) is 0 Å². The Hall–Kier alpha value is -2.43. The van der Waals surface area contributed by atoms with Crippen LogP contribution in [0.1, 0.15) is 43.0 Å². The van der Waals surface area contributed by atoms with Crippen LogP contribution in [0.4, 0.5) is 5.69 Å². The van der Waals surface area contributed by atoms with E-state index in [2.05, 4.69) is 21.2 Å². The smallest absolute Gasteiger partial charge is 0.255 e. The van der Waals surface area contributed by atoms with Gasteiger partial charge in [-0.15, -0.1) is 0 Å². The molecule has 0 saturated carbocycles. The van der Waals surface area contributed by atoms with Crippen molar-refractivity contribution in [3.05, 3.63) is 97.5 Å². The Balaban J connectivity index is 2.00. The first kappa shape index (κ1) is 20.3. The van der Waals surface area contributed by atoms with Crippen LogP contribution in [0.5, 0.6) is 0 Å². The Morgan fingerprint density at radius 3 is 2.21 bits per heavy atom. The quantitative estimate of drug-likeness (QED) is 0.455. The van der Waals surface area contributed by atoms with Crippen LogP contribution in [-0.2, 0) is 0 Å². The number of anilines is 1. The molecule has 0 bridgehead atoms. The molecule has 3 aromatic rings. The number of rotatable bonds is 4. The summed E-state index contributed by atoms with van der Waals surface area (Å²) in [5.74, 6) is -0.470. The van der Waals surface area contributed by atoms with Gasteiger partial charge in [0.2, 0.25) is 0 Å². The highest BCUT2D eigenvalue weighted by Gasteiger charge is 2.19. The monoisotopic (exact) mass is 455 g/mol. The molecule has 28 heavy (non-hydrogen) atoms. The summed E-state index contributed by atoms with van der Waals surface area (Å²) in [5.41, 5.74) is 4.93. The first-order chi connectivity index (χ1) is 13.3. The Morgan fingerprint density at radius 1 is 0.857 bits per heavy atom. The van der Waals surface area contributed by atoms with Crippen LogP contribution >= 0.6 is 27.5 Å². The van der Waals surface area contributed by atoms with Crippen molar-refractivity contribution in [1.29, 1.82) is 0 Å². The first-order valence-electron chi connectivity index (χ1n) is 8.76. The lowest BCUT2D eigenvalue weighted by Crippen LogP contribution is -2.17. The van der Waals surface area contributed by atoms with Crippen molar-refractivity contribution in [2.45, 2.75) is 20.8 Å². The Labute approximate surface area is 177 Å². The van der Waals surface area contributed by atoms with Crippen molar-refractivity contribution in [2.75, 3.05) is 5.32 Å². The average Bonchev–Trinajstić information content (AvgIpc) is 2.70. The molecule has 0 unspecified atom stereocenters. The standard InChI is InChI=1S/C23H19BrClNO2/c1-13-14(2)18(12-20(24)15(13)3)23(28)26-21-10-9-17(25)11-19(21)22(27)16-7-5-4-6-8-16/h4-12H,1-3H3,(H,26,28). The van der Waals surface area contributed by atoms with Crippen molar-refractivity contribution >= 4 is 44.9 Å². The molecule has 0 aliphatic carbocycles. The third kappa shape index (κ3) is 4.03. The minimum atomic E-state index is -0.272. The summed E-state index contributed by atoms with van der Waals surface area (Å²) in [6.45, 7) is 5.91. The topological polar surface area (TPSA) is 46.2 Å². The van der Waals surface area contributed by atoms with Crippen molar-refractivity contribution in [3.8, 4) is 0 Å². The number of ketones is 1. The number of benzene rings is 3. The van der Waals surface area contributed by atoms with Crippen molar-refractivity contribution in [3.63, 3.8) is 0 Å². The number of carbonyl (C=O) groups excluding carboxylic acids is 2. The first-order valence-corrected chi connectivity index (χ1v) is 9.93. The van der Waals surface area contributed by atoms with Gasteiger partial charge in [0.1, 0.15) is 0 Å². The molecule has 142 valence electrons. The third-order valence-corrected chi connectivity index (χ3v) is 5.97. The van der Waals surface area contributed by atoms with E-state index in [1.807, 2.05) is 32.9 Å². The predicted octanol–water partition coefficient (Wildman–Crippen LogP) is 6.51. The molecule has 0 radical (unpaired) electrons. The molecule has 0 aromatic heterocycles. The van der Waals surface area contributed by atoms with Crippen LogP contribution in [0.2, 0.25) is 5.02 Å². The van der Waals surface area contributed by atoms with Crippen LogP contribution in [0, 0.1) is 20.8 Å². The Kier molecular flexibility index (Phi) is 6.01. The maximum Gasteiger partial charge on any atom is 0.255 e. The molecule has 1 N–H and O–H groups in total. The van der Waals surface area contributed by atoms with Gasteiger partial charge in [-0.3, -0.25) is 9.59 Å². The molecule has 1 amide bonds. The van der Waals surface area contributed by atoms with Gasteiger partial charge in [0.05, 0.1) is 5.69 Å². The number of hydrogen-bond acceptors (Lipinski definition) is 2. The van der Waals surface area contributed by atoms with Crippen molar-refractivity contribution < 1.29 is 9.59 Å². The molecule has 0 atom stereocenters. The molecule has 0 aliphatic heterocycles. The number of halogens is 2. The van der Waals surface area contributed by atoms with Crippen LogP contribution in [0.15, 0.2) is 59.1 Å². The lowest BCUT2D eigenvalue weighted by molar-refractivity contribution is 0.102. The van der Waals surface area contributed by atoms with E-state index in [0.29, 0.717) is 27.4 Å². The van der Waals surface area contributed by atoms with Gasteiger partial charge in [-0.2, -0.15) is 0 Å². The summed E-state index contributed by atoms with van der Waals surface area (Å²) < 4.78 is 0.873. The molecule has 0 fully saturated rings. The fourth-order valence-electron chi connectivity index (χ4n) is 2.99. The summed E-state index contributed by atoms with van der Waals surface area (Å²) in [7, 11) is 0. The van der Waals surface area contributed by atoms with Gasteiger partial charge in [0.25, 0.3) is 5.91 Å². The van der Waals surface area contributed by atoms with Crippen LogP contribution < -0.4 is 5.32 Å². The van der Waals surface area contributed by atoms with E-state index >= 15 is 0 Å². The van der Waals surface area contributed by atoms with Gasteiger partial charge >= 0.3 is 0 Å². The Bertz CT molecular complexity index is 1080. The second-order valence-electron chi connectivity index (χ2n) is 6.62. The van der Waals surface area contributed by atoms with E-state index in [-0.39, 0.29) is 11.7 Å². The number of nitrogens with one attached hydrogen (secondary N) is 1. The maximum absolute atomic E-state index is 13.0. The molecule has 3 nitrogen and oxygen atoms in total. The summed E-state index contributed by atoms with van der Waals surface area (Å²) >= 11 is 9.63. The second kappa shape index (κ2) is 8.29. The number of carbonyl (C=O) groups is 2. The zero-order valence-corrected chi connectivity index (χ0v) is 18.1. The lowest BCUT2D eigenvalue weighted by Gasteiger charge is -2.15. The van der Waals surface area contributed by atoms with E-state index in [9.17, 15) is 9.59 Å². The third-order valence-electron chi connectivity index (χ3n) is 4.91. The summed E-state index contributed by atoms with van der Waals surface area (Å²) in [6.07, 6.45) is 0. The summed E-state index contributed by atoms with van der Waals surface area (Å²) in [6, 6.07) is 15.6. The average molecular weight is 457 g/mol. The van der Waals surface area contributed by atoms with Gasteiger partial charge in [-0.05, 0) is 61.7 Å². The largest absolute Gasteiger partial charge is 0.321 e. The van der Waals surface area contributed by atoms with Gasteiger partial charge in [-0.25, -0.2) is 0 Å². The molecule has 3 aromatic carbocycles. The zero-order valence-electron chi connectivity index (χ0n) is 15.8. The van der Waals surface area contributed by atoms with E-state index in [1.54, 1.807) is 42.5 Å². The van der Waals surface area contributed by atoms with E-state index in [0.717, 1.165) is 21.2 Å². The molecule has 0 spiro atoms. The summed E-state index contributed by atoms with van der Waals surface area (Å²) in [5, 5.41) is 3.31.